The van der Waals surface area contributed by atoms with Gasteiger partial charge >= 0.3 is 0 Å². The molecule has 1 fully saturated rings. The zero-order valence-electron chi connectivity index (χ0n) is 15.6. The highest BCUT2D eigenvalue weighted by molar-refractivity contribution is 5.82. The van der Waals surface area contributed by atoms with E-state index in [9.17, 15) is 9.18 Å². The first kappa shape index (κ1) is 19.0. The Morgan fingerprint density at radius 2 is 1.90 bits per heavy atom. The summed E-state index contributed by atoms with van der Waals surface area (Å²) < 4.78 is 18.6. The van der Waals surface area contributed by atoms with Gasteiger partial charge < -0.3 is 10.1 Å². The summed E-state index contributed by atoms with van der Waals surface area (Å²) in [4.78, 5) is 16.7. The highest BCUT2D eigenvalue weighted by atomic mass is 19.1. The lowest BCUT2D eigenvalue weighted by molar-refractivity contribution is -0.123. The fraction of sp³-hybridized carbons (Fsp3) is 0.182. The first-order valence-electron chi connectivity index (χ1n) is 9.39. The third-order valence-corrected chi connectivity index (χ3v) is 4.72. The molecular formula is C22H21FN4O2. The normalized spacial score (nSPS) is 18.4. The average molecular weight is 392 g/mol. The molecule has 1 saturated heterocycles. The molecule has 2 atom stereocenters. The molecule has 7 heteroatoms. The summed E-state index contributed by atoms with van der Waals surface area (Å²) in [5.41, 5.74) is 8.24. The first-order valence-corrected chi connectivity index (χ1v) is 9.39. The van der Waals surface area contributed by atoms with Gasteiger partial charge in [0.1, 0.15) is 17.6 Å². The van der Waals surface area contributed by atoms with Crippen molar-refractivity contribution in [1.29, 1.82) is 0 Å². The van der Waals surface area contributed by atoms with Gasteiger partial charge in [-0.2, -0.15) is 0 Å². The molecule has 2 aromatic carbocycles. The van der Waals surface area contributed by atoms with Crippen molar-refractivity contribution in [2.75, 3.05) is 0 Å². The Balaban J connectivity index is 1.31. The van der Waals surface area contributed by atoms with E-state index in [0.717, 1.165) is 11.1 Å². The van der Waals surface area contributed by atoms with E-state index in [1.165, 1.54) is 24.3 Å². The fourth-order valence-electron chi connectivity index (χ4n) is 3.18. The van der Waals surface area contributed by atoms with Crippen molar-refractivity contribution in [3.63, 3.8) is 0 Å². The van der Waals surface area contributed by atoms with Crippen LogP contribution < -0.4 is 20.9 Å². The molecule has 29 heavy (non-hydrogen) atoms. The Hall–Kier alpha value is -3.29. The number of nitrogens with zero attached hydrogens (tertiary/aromatic N) is 1. The molecule has 0 saturated carbocycles. The summed E-state index contributed by atoms with van der Waals surface area (Å²) in [5, 5.41) is 2.94. The van der Waals surface area contributed by atoms with Gasteiger partial charge in [-0.1, -0.05) is 30.3 Å². The lowest BCUT2D eigenvalue weighted by Crippen LogP contribution is -2.42. The average Bonchev–Trinajstić information content (AvgIpc) is 3.25. The van der Waals surface area contributed by atoms with Crippen molar-refractivity contribution >= 4 is 5.91 Å². The SMILES string of the molecule is O=C(NCc1ccnc(Oc2ccc(F)cc2)c1)C1CC(c2ccccc2)NN1. The maximum absolute atomic E-state index is 13.0. The second-order valence-corrected chi connectivity index (χ2v) is 6.82. The number of benzene rings is 2. The summed E-state index contributed by atoms with van der Waals surface area (Å²) >= 11 is 0. The number of rotatable bonds is 6. The monoisotopic (exact) mass is 392 g/mol. The lowest BCUT2D eigenvalue weighted by atomic mass is 10.0. The molecule has 0 bridgehead atoms. The largest absolute Gasteiger partial charge is 0.439 e. The molecule has 1 amide bonds. The molecule has 2 unspecified atom stereocenters. The smallest absolute Gasteiger partial charge is 0.238 e. The molecule has 2 heterocycles. The van der Waals surface area contributed by atoms with E-state index in [1.54, 1.807) is 12.3 Å². The second kappa shape index (κ2) is 8.81. The maximum atomic E-state index is 13.0. The fourth-order valence-corrected chi connectivity index (χ4v) is 3.18. The highest BCUT2D eigenvalue weighted by Crippen LogP contribution is 2.22. The van der Waals surface area contributed by atoms with Crippen LogP contribution in [0.4, 0.5) is 4.39 Å². The van der Waals surface area contributed by atoms with Gasteiger partial charge in [-0.05, 0) is 47.9 Å². The molecular weight excluding hydrogens is 371 g/mol. The molecule has 1 aliphatic rings. The van der Waals surface area contributed by atoms with Crippen molar-refractivity contribution in [3.05, 3.63) is 89.9 Å². The predicted octanol–water partition coefficient (Wildman–Crippen LogP) is 3.24. The molecule has 1 aromatic heterocycles. The number of hydrogen-bond donors (Lipinski definition) is 3. The number of carbonyl (C=O) groups excluding carboxylic acids is 1. The van der Waals surface area contributed by atoms with E-state index in [-0.39, 0.29) is 23.8 Å². The Kier molecular flexibility index (Phi) is 5.79. The Morgan fingerprint density at radius 3 is 2.69 bits per heavy atom. The molecule has 0 aliphatic carbocycles. The Morgan fingerprint density at radius 1 is 1.10 bits per heavy atom. The number of nitrogens with one attached hydrogen (secondary N) is 3. The molecule has 3 aromatic rings. The van der Waals surface area contributed by atoms with Gasteiger partial charge in [-0.3, -0.25) is 4.79 Å². The van der Waals surface area contributed by atoms with E-state index in [4.69, 9.17) is 4.74 Å². The summed E-state index contributed by atoms with van der Waals surface area (Å²) in [7, 11) is 0. The van der Waals surface area contributed by atoms with E-state index >= 15 is 0 Å². The van der Waals surface area contributed by atoms with Gasteiger partial charge in [0.25, 0.3) is 0 Å². The standard InChI is InChI=1S/C22H21FN4O2/c23-17-6-8-18(9-7-17)29-21-12-15(10-11-24-21)14-25-22(28)20-13-19(26-27-20)16-4-2-1-3-5-16/h1-12,19-20,26-27H,13-14H2,(H,25,28). The third-order valence-electron chi connectivity index (χ3n) is 4.72. The van der Waals surface area contributed by atoms with Crippen molar-refractivity contribution in [2.45, 2.75) is 25.0 Å². The lowest BCUT2D eigenvalue weighted by Gasteiger charge is -2.11. The number of pyridine rings is 1. The number of halogens is 1. The summed E-state index contributed by atoms with van der Waals surface area (Å²) in [6.07, 6.45) is 2.28. The minimum absolute atomic E-state index is 0.0752. The molecule has 1 aliphatic heterocycles. The van der Waals surface area contributed by atoms with Crippen molar-refractivity contribution in [3.8, 4) is 11.6 Å². The molecule has 4 rings (SSSR count). The van der Waals surface area contributed by atoms with Crippen LogP contribution in [-0.2, 0) is 11.3 Å². The van der Waals surface area contributed by atoms with Crippen molar-refractivity contribution < 1.29 is 13.9 Å². The quantitative estimate of drug-likeness (QED) is 0.601. The van der Waals surface area contributed by atoms with Crippen LogP contribution in [0.5, 0.6) is 11.6 Å². The number of hydrazine groups is 1. The molecule has 0 radical (unpaired) electrons. The van der Waals surface area contributed by atoms with E-state index in [1.807, 2.05) is 36.4 Å². The topological polar surface area (TPSA) is 75.3 Å². The number of carbonyl (C=O) groups is 1. The summed E-state index contributed by atoms with van der Waals surface area (Å²) in [6, 6.07) is 19.1. The molecule has 148 valence electrons. The van der Waals surface area contributed by atoms with Crippen LogP contribution in [0.3, 0.4) is 0 Å². The van der Waals surface area contributed by atoms with Crippen LogP contribution in [0, 0.1) is 5.82 Å². The van der Waals surface area contributed by atoms with Crippen LogP contribution in [0.2, 0.25) is 0 Å². The van der Waals surface area contributed by atoms with Crippen LogP contribution in [0.15, 0.2) is 72.9 Å². The van der Waals surface area contributed by atoms with E-state index in [2.05, 4.69) is 21.2 Å². The molecule has 6 nitrogen and oxygen atoms in total. The zero-order valence-corrected chi connectivity index (χ0v) is 15.6. The molecule has 3 N–H and O–H groups in total. The minimum atomic E-state index is -0.328. The van der Waals surface area contributed by atoms with Crippen molar-refractivity contribution in [2.24, 2.45) is 0 Å². The van der Waals surface area contributed by atoms with Gasteiger partial charge in [0.2, 0.25) is 11.8 Å². The van der Waals surface area contributed by atoms with Crippen LogP contribution in [0.25, 0.3) is 0 Å². The van der Waals surface area contributed by atoms with E-state index < -0.39 is 0 Å². The summed E-state index contributed by atoms with van der Waals surface area (Å²) in [5.74, 6) is 0.474. The second-order valence-electron chi connectivity index (χ2n) is 6.82. The van der Waals surface area contributed by atoms with Crippen LogP contribution in [0.1, 0.15) is 23.6 Å². The van der Waals surface area contributed by atoms with Gasteiger partial charge in [-0.25, -0.2) is 20.2 Å². The van der Waals surface area contributed by atoms with Gasteiger partial charge in [0.15, 0.2) is 0 Å². The molecule has 0 spiro atoms. The number of amides is 1. The number of hydrogen-bond acceptors (Lipinski definition) is 5. The number of ether oxygens (including phenoxy) is 1. The predicted molar refractivity (Wildman–Crippen MR) is 106 cm³/mol. The van der Waals surface area contributed by atoms with E-state index in [0.29, 0.717) is 24.6 Å². The van der Waals surface area contributed by atoms with Gasteiger partial charge in [-0.15, -0.1) is 0 Å². The Bertz CT molecular complexity index is 966. The van der Waals surface area contributed by atoms with Gasteiger partial charge in [0, 0.05) is 24.8 Å². The number of aromatic nitrogens is 1. The maximum Gasteiger partial charge on any atom is 0.238 e. The Labute approximate surface area is 168 Å². The van der Waals surface area contributed by atoms with Crippen LogP contribution >= 0.6 is 0 Å². The van der Waals surface area contributed by atoms with Gasteiger partial charge in [0.05, 0.1) is 0 Å². The minimum Gasteiger partial charge on any atom is -0.439 e. The van der Waals surface area contributed by atoms with Crippen LogP contribution in [-0.4, -0.2) is 16.9 Å². The highest BCUT2D eigenvalue weighted by Gasteiger charge is 2.29. The summed E-state index contributed by atoms with van der Waals surface area (Å²) in [6.45, 7) is 0.356. The van der Waals surface area contributed by atoms with Crippen molar-refractivity contribution in [1.82, 2.24) is 21.2 Å². The third kappa shape index (κ3) is 4.96. The zero-order chi connectivity index (χ0) is 20.1. The first-order chi connectivity index (χ1) is 14.2.